The number of nitrogens with zero attached hydrogens (tertiary/aromatic N) is 1. The summed E-state index contributed by atoms with van der Waals surface area (Å²) in [6, 6.07) is 6.86. The van der Waals surface area contributed by atoms with E-state index in [0.717, 1.165) is 26.1 Å². The van der Waals surface area contributed by atoms with Gasteiger partial charge in [-0.05, 0) is 44.9 Å². The Morgan fingerprint density at radius 2 is 1.84 bits per heavy atom. The van der Waals surface area contributed by atoms with Crippen LogP contribution in [0, 0.1) is 5.82 Å². The number of hydrogen-bond acceptors (Lipinski definition) is 2. The van der Waals surface area contributed by atoms with E-state index in [-0.39, 0.29) is 16.9 Å². The van der Waals surface area contributed by atoms with Gasteiger partial charge in [-0.1, -0.05) is 19.1 Å². The van der Waals surface area contributed by atoms with E-state index in [4.69, 9.17) is 0 Å². The van der Waals surface area contributed by atoms with Crippen LogP contribution in [-0.2, 0) is 6.54 Å². The first-order valence-corrected chi connectivity index (χ1v) is 7.09. The molecule has 106 valence electrons. The van der Waals surface area contributed by atoms with Crippen molar-refractivity contribution in [1.82, 2.24) is 10.2 Å². The summed E-state index contributed by atoms with van der Waals surface area (Å²) in [5, 5.41) is 3.66. The number of hydrogen-bond donors (Lipinski definition) is 1. The fraction of sp³-hybridized carbons (Fsp3) is 0.625. The largest absolute Gasteiger partial charge is 0.308 e. The Labute approximate surface area is 116 Å². The highest BCUT2D eigenvalue weighted by molar-refractivity contribution is 5.17. The molecule has 1 aliphatic heterocycles. The quantitative estimate of drug-likeness (QED) is 0.902. The summed E-state index contributed by atoms with van der Waals surface area (Å²) in [5.41, 5.74) is 1.48. The molecule has 0 bridgehead atoms. The van der Waals surface area contributed by atoms with Crippen LogP contribution in [-0.4, -0.2) is 29.1 Å². The van der Waals surface area contributed by atoms with Crippen molar-refractivity contribution >= 4 is 0 Å². The average Bonchev–Trinajstić information content (AvgIpc) is 2.37. The summed E-state index contributed by atoms with van der Waals surface area (Å²) in [6.07, 6.45) is 1.11. The van der Waals surface area contributed by atoms with Crippen molar-refractivity contribution in [3.63, 3.8) is 0 Å². The van der Waals surface area contributed by atoms with E-state index in [1.165, 1.54) is 5.56 Å². The van der Waals surface area contributed by atoms with Crippen molar-refractivity contribution in [3.05, 3.63) is 35.6 Å². The molecule has 1 aromatic rings. The highest BCUT2D eigenvalue weighted by Gasteiger charge is 2.38. The maximum atomic E-state index is 13.0. The zero-order valence-electron chi connectivity index (χ0n) is 12.5. The van der Waals surface area contributed by atoms with Crippen molar-refractivity contribution in [2.45, 2.75) is 51.7 Å². The number of nitrogens with one attached hydrogen (secondary N) is 1. The molecule has 0 aromatic heterocycles. The normalized spacial score (nSPS) is 27.4. The molecule has 0 radical (unpaired) electrons. The third-order valence-corrected chi connectivity index (χ3v) is 4.41. The van der Waals surface area contributed by atoms with Crippen LogP contribution >= 0.6 is 0 Å². The minimum Gasteiger partial charge on any atom is -0.308 e. The second-order valence-corrected chi connectivity index (χ2v) is 6.56. The first kappa shape index (κ1) is 14.5. The minimum absolute atomic E-state index is 0.128. The average molecular weight is 264 g/mol. The van der Waals surface area contributed by atoms with Gasteiger partial charge in [0.05, 0.1) is 0 Å². The molecular formula is C16H25FN2. The predicted octanol–water partition coefficient (Wildman–Crippen LogP) is 3.18. The van der Waals surface area contributed by atoms with Crippen molar-refractivity contribution < 1.29 is 4.39 Å². The molecule has 1 heterocycles. The third kappa shape index (κ3) is 3.34. The molecule has 19 heavy (non-hydrogen) atoms. The lowest BCUT2D eigenvalue weighted by Crippen LogP contribution is -2.66. The van der Waals surface area contributed by atoms with E-state index >= 15 is 0 Å². The maximum Gasteiger partial charge on any atom is 0.123 e. The summed E-state index contributed by atoms with van der Waals surface area (Å²) in [5.74, 6) is -0.165. The summed E-state index contributed by atoms with van der Waals surface area (Å²) >= 11 is 0. The van der Waals surface area contributed by atoms with Gasteiger partial charge < -0.3 is 5.32 Å². The van der Waals surface area contributed by atoms with E-state index < -0.39 is 0 Å². The van der Waals surface area contributed by atoms with Gasteiger partial charge in [-0.3, -0.25) is 4.90 Å². The third-order valence-electron chi connectivity index (χ3n) is 4.41. The smallest absolute Gasteiger partial charge is 0.123 e. The van der Waals surface area contributed by atoms with Crippen LogP contribution in [0.5, 0.6) is 0 Å². The molecule has 1 aromatic carbocycles. The molecule has 1 saturated heterocycles. The monoisotopic (exact) mass is 264 g/mol. The molecule has 0 aliphatic carbocycles. The summed E-state index contributed by atoms with van der Waals surface area (Å²) < 4.78 is 13.0. The van der Waals surface area contributed by atoms with Gasteiger partial charge in [0.2, 0.25) is 0 Å². The van der Waals surface area contributed by atoms with E-state index in [1.54, 1.807) is 12.1 Å². The number of piperazine rings is 1. The summed E-state index contributed by atoms with van der Waals surface area (Å²) in [6.45, 7) is 11.9. The zero-order chi connectivity index (χ0) is 14.1. The standard InChI is InChI=1S/C16H25FN2/c1-5-16(4)12-19(15(2,3)11-18-16)10-13-6-8-14(17)9-7-13/h6-9,18H,5,10-12H2,1-4H3. The molecule has 1 fully saturated rings. The Bertz CT molecular complexity index is 427. The van der Waals surface area contributed by atoms with Gasteiger partial charge >= 0.3 is 0 Å². The van der Waals surface area contributed by atoms with Gasteiger partial charge in [0, 0.05) is 30.7 Å². The molecule has 1 atom stereocenters. The van der Waals surface area contributed by atoms with E-state index in [9.17, 15) is 4.39 Å². The lowest BCUT2D eigenvalue weighted by atomic mass is 9.88. The molecule has 2 nitrogen and oxygen atoms in total. The highest BCUT2D eigenvalue weighted by Crippen LogP contribution is 2.27. The number of rotatable bonds is 3. The summed E-state index contributed by atoms with van der Waals surface area (Å²) in [4.78, 5) is 2.50. The number of benzene rings is 1. The van der Waals surface area contributed by atoms with E-state index in [1.807, 2.05) is 12.1 Å². The molecule has 1 unspecified atom stereocenters. The van der Waals surface area contributed by atoms with Crippen molar-refractivity contribution in [2.75, 3.05) is 13.1 Å². The Balaban J connectivity index is 2.13. The van der Waals surface area contributed by atoms with Crippen LogP contribution in [0.25, 0.3) is 0 Å². The first-order chi connectivity index (χ1) is 8.85. The minimum atomic E-state index is -0.165. The van der Waals surface area contributed by atoms with Crippen LogP contribution in [0.15, 0.2) is 24.3 Å². The second-order valence-electron chi connectivity index (χ2n) is 6.56. The Morgan fingerprint density at radius 1 is 1.21 bits per heavy atom. The van der Waals surface area contributed by atoms with Crippen molar-refractivity contribution in [3.8, 4) is 0 Å². The molecule has 0 amide bonds. The lowest BCUT2D eigenvalue weighted by Gasteiger charge is -2.50. The van der Waals surface area contributed by atoms with Gasteiger partial charge in [-0.2, -0.15) is 0 Å². The molecule has 1 N–H and O–H groups in total. The topological polar surface area (TPSA) is 15.3 Å². The van der Waals surface area contributed by atoms with Crippen LogP contribution in [0.3, 0.4) is 0 Å². The predicted molar refractivity (Wildman–Crippen MR) is 77.6 cm³/mol. The van der Waals surface area contributed by atoms with Gasteiger partial charge in [0.1, 0.15) is 5.82 Å². The zero-order valence-corrected chi connectivity index (χ0v) is 12.5. The van der Waals surface area contributed by atoms with Gasteiger partial charge in [-0.15, -0.1) is 0 Å². The Morgan fingerprint density at radius 3 is 2.42 bits per heavy atom. The molecule has 3 heteroatoms. The first-order valence-electron chi connectivity index (χ1n) is 7.09. The van der Waals surface area contributed by atoms with Gasteiger partial charge in [0.25, 0.3) is 0 Å². The fourth-order valence-electron chi connectivity index (χ4n) is 2.55. The fourth-order valence-corrected chi connectivity index (χ4v) is 2.55. The van der Waals surface area contributed by atoms with Crippen LogP contribution in [0.2, 0.25) is 0 Å². The van der Waals surface area contributed by atoms with Crippen LogP contribution < -0.4 is 5.32 Å². The molecule has 2 rings (SSSR count). The molecule has 0 saturated carbocycles. The highest BCUT2D eigenvalue weighted by atomic mass is 19.1. The van der Waals surface area contributed by atoms with Gasteiger partial charge in [0.15, 0.2) is 0 Å². The number of halogens is 1. The lowest BCUT2D eigenvalue weighted by molar-refractivity contribution is 0.0246. The van der Waals surface area contributed by atoms with Crippen molar-refractivity contribution in [2.24, 2.45) is 0 Å². The van der Waals surface area contributed by atoms with Crippen molar-refractivity contribution in [1.29, 1.82) is 0 Å². The van der Waals surface area contributed by atoms with Crippen LogP contribution in [0.4, 0.5) is 4.39 Å². The maximum absolute atomic E-state index is 13.0. The SMILES string of the molecule is CCC1(C)CN(Cc2ccc(F)cc2)C(C)(C)CN1. The Hall–Kier alpha value is -0.930. The molecule has 1 aliphatic rings. The summed E-state index contributed by atoms with van der Waals surface area (Å²) in [7, 11) is 0. The van der Waals surface area contributed by atoms with Crippen LogP contribution in [0.1, 0.15) is 39.7 Å². The van der Waals surface area contributed by atoms with E-state index in [2.05, 4.69) is 37.9 Å². The van der Waals surface area contributed by atoms with E-state index in [0.29, 0.717) is 0 Å². The van der Waals surface area contributed by atoms with Gasteiger partial charge in [-0.25, -0.2) is 4.39 Å². The Kier molecular flexibility index (Phi) is 3.98. The molecule has 0 spiro atoms. The molecular weight excluding hydrogens is 239 g/mol. The second kappa shape index (κ2) is 5.22.